The molecule has 7 heteroatoms. The molecule has 0 aliphatic heterocycles. The second-order valence-corrected chi connectivity index (χ2v) is 6.88. The summed E-state index contributed by atoms with van der Waals surface area (Å²) in [6.45, 7) is 5.77. The Hall–Kier alpha value is -3.74. The summed E-state index contributed by atoms with van der Waals surface area (Å²) < 4.78 is 7.18. The molecule has 146 valence electrons. The molecule has 4 aromatic rings. The lowest BCUT2D eigenvalue weighted by Crippen LogP contribution is -2.15. The van der Waals surface area contributed by atoms with Crippen LogP contribution in [0.5, 0.6) is 5.75 Å². The van der Waals surface area contributed by atoms with Gasteiger partial charge in [-0.15, -0.1) is 0 Å². The number of hydrogen-bond acceptors (Lipinski definition) is 5. The SMILES string of the molecule is COc1ccc2c(c1)nc(C)n2-c1cnc(NC(=O)c2cc(C)ccc2C)cn1. The van der Waals surface area contributed by atoms with Crippen LogP contribution in [0.2, 0.25) is 0 Å². The van der Waals surface area contributed by atoms with E-state index in [2.05, 4.69) is 20.3 Å². The molecule has 0 saturated carbocycles. The van der Waals surface area contributed by atoms with Crippen molar-refractivity contribution < 1.29 is 9.53 Å². The van der Waals surface area contributed by atoms with Crippen LogP contribution in [-0.2, 0) is 0 Å². The van der Waals surface area contributed by atoms with Gasteiger partial charge in [0.2, 0.25) is 0 Å². The summed E-state index contributed by atoms with van der Waals surface area (Å²) in [5.41, 5.74) is 4.29. The van der Waals surface area contributed by atoms with Crippen LogP contribution >= 0.6 is 0 Å². The molecule has 7 nitrogen and oxygen atoms in total. The first kappa shape index (κ1) is 18.6. The van der Waals surface area contributed by atoms with Crippen LogP contribution in [0.1, 0.15) is 27.3 Å². The first-order valence-corrected chi connectivity index (χ1v) is 9.20. The summed E-state index contributed by atoms with van der Waals surface area (Å²) in [4.78, 5) is 26.0. The first-order valence-electron chi connectivity index (χ1n) is 9.20. The highest BCUT2D eigenvalue weighted by Crippen LogP contribution is 2.24. The summed E-state index contributed by atoms with van der Waals surface area (Å²) in [5.74, 6) is 2.35. The molecule has 0 spiro atoms. The minimum absolute atomic E-state index is 0.204. The molecule has 0 atom stereocenters. The zero-order valence-electron chi connectivity index (χ0n) is 16.7. The largest absolute Gasteiger partial charge is 0.497 e. The van der Waals surface area contributed by atoms with E-state index in [-0.39, 0.29) is 5.91 Å². The van der Waals surface area contributed by atoms with E-state index in [1.165, 1.54) is 0 Å². The number of imidazole rings is 1. The van der Waals surface area contributed by atoms with Crippen molar-refractivity contribution in [1.82, 2.24) is 19.5 Å². The fraction of sp³-hybridized carbons (Fsp3) is 0.182. The van der Waals surface area contributed by atoms with Gasteiger partial charge in [0.05, 0.1) is 30.5 Å². The van der Waals surface area contributed by atoms with Crippen molar-refractivity contribution in [3.05, 3.63) is 71.3 Å². The number of carbonyl (C=O) groups is 1. The molecular weight excluding hydrogens is 366 g/mol. The second-order valence-electron chi connectivity index (χ2n) is 6.88. The first-order chi connectivity index (χ1) is 14.0. The summed E-state index contributed by atoms with van der Waals surface area (Å²) in [5, 5.41) is 2.81. The van der Waals surface area contributed by atoms with E-state index in [0.29, 0.717) is 17.2 Å². The van der Waals surface area contributed by atoms with Gasteiger partial charge in [0, 0.05) is 11.6 Å². The van der Waals surface area contributed by atoms with E-state index in [4.69, 9.17) is 4.74 Å². The highest BCUT2D eigenvalue weighted by atomic mass is 16.5. The lowest BCUT2D eigenvalue weighted by molar-refractivity contribution is 0.102. The molecule has 2 aromatic heterocycles. The average Bonchev–Trinajstić information content (AvgIpc) is 3.05. The molecule has 1 N–H and O–H groups in total. The third-order valence-electron chi connectivity index (χ3n) is 4.78. The third-order valence-corrected chi connectivity index (χ3v) is 4.78. The molecule has 0 unspecified atom stereocenters. The van der Waals surface area contributed by atoms with E-state index in [0.717, 1.165) is 33.7 Å². The van der Waals surface area contributed by atoms with Crippen LogP contribution in [0.15, 0.2) is 48.8 Å². The number of rotatable bonds is 4. The number of aryl methyl sites for hydroxylation is 3. The van der Waals surface area contributed by atoms with Gasteiger partial charge in [-0.2, -0.15) is 0 Å². The van der Waals surface area contributed by atoms with E-state index < -0.39 is 0 Å². The van der Waals surface area contributed by atoms with Crippen LogP contribution in [0, 0.1) is 20.8 Å². The zero-order chi connectivity index (χ0) is 20.5. The molecule has 0 saturated heterocycles. The quantitative estimate of drug-likeness (QED) is 0.572. The molecule has 2 heterocycles. The number of nitrogens with zero attached hydrogens (tertiary/aromatic N) is 4. The van der Waals surface area contributed by atoms with Crippen LogP contribution in [0.4, 0.5) is 5.82 Å². The van der Waals surface area contributed by atoms with Crippen LogP contribution < -0.4 is 10.1 Å². The topological polar surface area (TPSA) is 81.9 Å². The number of ether oxygens (including phenoxy) is 1. The molecule has 4 rings (SSSR count). The normalized spacial score (nSPS) is 10.9. The maximum Gasteiger partial charge on any atom is 0.257 e. The molecule has 0 aliphatic carbocycles. The minimum atomic E-state index is -0.204. The fourth-order valence-electron chi connectivity index (χ4n) is 3.26. The predicted molar refractivity (Wildman–Crippen MR) is 112 cm³/mol. The van der Waals surface area contributed by atoms with E-state index in [1.807, 2.05) is 61.7 Å². The Balaban J connectivity index is 1.61. The molecule has 1 amide bonds. The number of fused-ring (bicyclic) bond motifs is 1. The standard InChI is InChI=1S/C22H21N5O2/c1-13-5-6-14(2)17(9-13)22(28)26-20-11-24-21(12-23-20)27-15(3)25-18-10-16(29-4)7-8-19(18)27/h5-12H,1-4H3,(H,23,26,28). The van der Waals surface area contributed by atoms with Gasteiger partial charge in [-0.1, -0.05) is 17.7 Å². The molecule has 29 heavy (non-hydrogen) atoms. The van der Waals surface area contributed by atoms with Gasteiger partial charge in [0.15, 0.2) is 11.6 Å². The number of carbonyl (C=O) groups excluding carboxylic acids is 1. The predicted octanol–water partition coefficient (Wildman–Crippen LogP) is 4.00. The van der Waals surface area contributed by atoms with Crippen molar-refractivity contribution in [3.8, 4) is 11.6 Å². The second kappa shape index (κ2) is 7.35. The molecule has 0 aliphatic rings. The van der Waals surface area contributed by atoms with E-state index >= 15 is 0 Å². The van der Waals surface area contributed by atoms with Crippen molar-refractivity contribution in [2.75, 3.05) is 12.4 Å². The number of benzene rings is 2. The molecule has 2 aromatic carbocycles. The maximum absolute atomic E-state index is 12.6. The van der Waals surface area contributed by atoms with Gasteiger partial charge in [-0.3, -0.25) is 9.36 Å². The van der Waals surface area contributed by atoms with Crippen molar-refractivity contribution in [2.24, 2.45) is 0 Å². The molecule has 0 bridgehead atoms. The van der Waals surface area contributed by atoms with Gasteiger partial charge in [-0.25, -0.2) is 15.0 Å². The Morgan fingerprint density at radius 2 is 1.86 bits per heavy atom. The van der Waals surface area contributed by atoms with Crippen LogP contribution in [0.3, 0.4) is 0 Å². The van der Waals surface area contributed by atoms with Crippen molar-refractivity contribution in [3.63, 3.8) is 0 Å². The number of nitrogens with one attached hydrogen (secondary N) is 1. The number of aromatic nitrogens is 4. The summed E-state index contributed by atoms with van der Waals surface area (Å²) in [7, 11) is 1.63. The lowest BCUT2D eigenvalue weighted by atomic mass is 10.1. The fourth-order valence-corrected chi connectivity index (χ4v) is 3.26. The van der Waals surface area contributed by atoms with Crippen molar-refractivity contribution >= 4 is 22.8 Å². The number of methoxy groups -OCH3 is 1. The monoisotopic (exact) mass is 387 g/mol. The Labute approximate surface area is 168 Å². The summed E-state index contributed by atoms with van der Waals surface area (Å²) >= 11 is 0. The number of amides is 1. The van der Waals surface area contributed by atoms with Gasteiger partial charge in [-0.05, 0) is 44.5 Å². The molecule has 0 radical (unpaired) electrons. The minimum Gasteiger partial charge on any atom is -0.497 e. The third kappa shape index (κ3) is 3.54. The molecule has 0 fully saturated rings. The van der Waals surface area contributed by atoms with Crippen LogP contribution in [-0.4, -0.2) is 32.5 Å². The van der Waals surface area contributed by atoms with Crippen molar-refractivity contribution in [1.29, 1.82) is 0 Å². The summed E-state index contributed by atoms with van der Waals surface area (Å²) in [6, 6.07) is 11.5. The average molecular weight is 387 g/mol. The van der Waals surface area contributed by atoms with Gasteiger partial charge in [0.25, 0.3) is 5.91 Å². The van der Waals surface area contributed by atoms with Gasteiger partial charge < -0.3 is 10.1 Å². The number of hydrogen-bond donors (Lipinski definition) is 1. The Morgan fingerprint density at radius 1 is 1.03 bits per heavy atom. The van der Waals surface area contributed by atoms with Gasteiger partial charge in [0.1, 0.15) is 11.6 Å². The Morgan fingerprint density at radius 3 is 2.59 bits per heavy atom. The Bertz CT molecular complexity index is 1210. The highest BCUT2D eigenvalue weighted by molar-refractivity contribution is 6.04. The maximum atomic E-state index is 12.6. The Kier molecular flexibility index (Phi) is 4.72. The van der Waals surface area contributed by atoms with E-state index in [1.54, 1.807) is 19.5 Å². The van der Waals surface area contributed by atoms with Gasteiger partial charge >= 0.3 is 0 Å². The van der Waals surface area contributed by atoms with E-state index in [9.17, 15) is 4.79 Å². The highest BCUT2D eigenvalue weighted by Gasteiger charge is 2.13. The zero-order valence-corrected chi connectivity index (χ0v) is 16.7. The lowest BCUT2D eigenvalue weighted by Gasteiger charge is -2.09. The smallest absolute Gasteiger partial charge is 0.257 e. The summed E-state index contributed by atoms with van der Waals surface area (Å²) in [6.07, 6.45) is 3.17. The van der Waals surface area contributed by atoms with Crippen LogP contribution in [0.25, 0.3) is 16.9 Å². The number of anilines is 1. The van der Waals surface area contributed by atoms with Crippen molar-refractivity contribution in [2.45, 2.75) is 20.8 Å². The molecular formula is C22H21N5O2.